The van der Waals surface area contributed by atoms with Crippen LogP contribution in [0.5, 0.6) is 0 Å². The smallest absolute Gasteiger partial charge is 0.416 e. The van der Waals surface area contributed by atoms with Gasteiger partial charge < -0.3 is 14.4 Å². The predicted octanol–water partition coefficient (Wildman–Crippen LogP) is 1.43. The molecule has 0 radical (unpaired) electrons. The number of alkyl halides is 3. The van der Waals surface area contributed by atoms with Gasteiger partial charge in [0.15, 0.2) is 6.61 Å². The first-order valence-electron chi connectivity index (χ1n) is 8.31. The molecule has 0 aromatic heterocycles. The first kappa shape index (κ1) is 23.4. The minimum atomic E-state index is -4.77. The van der Waals surface area contributed by atoms with Crippen molar-refractivity contribution >= 4 is 33.5 Å². The van der Waals surface area contributed by atoms with Crippen LogP contribution in [0.4, 0.5) is 13.2 Å². The molecule has 2 rings (SSSR count). The van der Waals surface area contributed by atoms with Gasteiger partial charge in [0.2, 0.25) is 10.0 Å². The number of hydrogen-bond donors (Lipinski definition) is 1. The molecule has 1 fully saturated rings. The molecule has 0 bridgehead atoms. The number of benzene rings is 1. The second kappa shape index (κ2) is 9.28. The molecular formula is C16H18ClF3N2O6S. The van der Waals surface area contributed by atoms with Crippen LogP contribution >= 0.6 is 11.6 Å². The highest BCUT2D eigenvalue weighted by Gasteiger charge is 2.33. The van der Waals surface area contributed by atoms with E-state index in [0.717, 1.165) is 6.07 Å². The zero-order chi connectivity index (χ0) is 21.8. The van der Waals surface area contributed by atoms with E-state index in [2.05, 4.69) is 0 Å². The van der Waals surface area contributed by atoms with Gasteiger partial charge in [-0.05, 0) is 25.1 Å². The summed E-state index contributed by atoms with van der Waals surface area (Å²) in [5, 5.41) is -0.449. The van der Waals surface area contributed by atoms with Crippen LogP contribution in [-0.4, -0.2) is 64.1 Å². The molecule has 1 saturated heterocycles. The second-order valence-corrected chi connectivity index (χ2v) is 8.29. The summed E-state index contributed by atoms with van der Waals surface area (Å²) in [6.07, 6.45) is -4.93. The van der Waals surface area contributed by atoms with E-state index >= 15 is 0 Å². The molecule has 1 atom stereocenters. The Morgan fingerprint density at radius 2 is 2.07 bits per heavy atom. The summed E-state index contributed by atoms with van der Waals surface area (Å²) in [4.78, 5) is 24.3. The highest BCUT2D eigenvalue weighted by molar-refractivity contribution is 7.89. The first-order valence-corrected chi connectivity index (χ1v) is 10.2. The van der Waals surface area contributed by atoms with E-state index in [4.69, 9.17) is 21.1 Å². The Balaban J connectivity index is 1.93. The van der Waals surface area contributed by atoms with Crippen LogP contribution in [0, 0.1) is 0 Å². The lowest BCUT2D eigenvalue weighted by Gasteiger charge is -2.30. The SMILES string of the molecule is CC1CN(C(=O)COC(=O)CNS(=O)(=O)c2cc(C(F)(F)F)ccc2Cl)CCO1. The van der Waals surface area contributed by atoms with Crippen molar-refractivity contribution in [3.8, 4) is 0 Å². The van der Waals surface area contributed by atoms with Crippen molar-refractivity contribution in [2.45, 2.75) is 24.1 Å². The average molecular weight is 459 g/mol. The largest absolute Gasteiger partial charge is 0.455 e. The lowest BCUT2D eigenvalue weighted by atomic mass is 10.2. The number of amides is 1. The van der Waals surface area contributed by atoms with Gasteiger partial charge in [0.25, 0.3) is 5.91 Å². The van der Waals surface area contributed by atoms with Crippen molar-refractivity contribution in [2.24, 2.45) is 0 Å². The third-order valence-corrected chi connectivity index (χ3v) is 5.79. The molecule has 1 aromatic carbocycles. The summed E-state index contributed by atoms with van der Waals surface area (Å²) in [7, 11) is -4.53. The summed E-state index contributed by atoms with van der Waals surface area (Å²) >= 11 is 5.68. The van der Waals surface area contributed by atoms with Gasteiger partial charge in [-0.25, -0.2) is 8.42 Å². The number of sulfonamides is 1. The Bertz CT molecular complexity index is 878. The molecule has 0 spiro atoms. The Hall–Kier alpha value is -1.89. The van der Waals surface area contributed by atoms with E-state index < -0.39 is 56.7 Å². The van der Waals surface area contributed by atoms with Gasteiger partial charge in [0.05, 0.1) is 23.3 Å². The fourth-order valence-corrected chi connectivity index (χ4v) is 3.94. The number of ether oxygens (including phenoxy) is 2. The van der Waals surface area contributed by atoms with Crippen LogP contribution in [0.2, 0.25) is 5.02 Å². The quantitative estimate of drug-likeness (QED) is 0.647. The highest BCUT2D eigenvalue weighted by Crippen LogP contribution is 2.33. The topological polar surface area (TPSA) is 102 Å². The van der Waals surface area contributed by atoms with E-state index in [0.29, 0.717) is 31.8 Å². The Morgan fingerprint density at radius 3 is 2.69 bits per heavy atom. The number of hydrogen-bond acceptors (Lipinski definition) is 6. The molecule has 29 heavy (non-hydrogen) atoms. The number of carbonyl (C=O) groups excluding carboxylic acids is 2. The highest BCUT2D eigenvalue weighted by atomic mass is 35.5. The van der Waals surface area contributed by atoms with Crippen molar-refractivity contribution in [3.63, 3.8) is 0 Å². The lowest BCUT2D eigenvalue weighted by Crippen LogP contribution is -2.46. The molecule has 8 nitrogen and oxygen atoms in total. The molecule has 162 valence electrons. The summed E-state index contributed by atoms with van der Waals surface area (Å²) in [5.74, 6) is -1.55. The van der Waals surface area contributed by atoms with Crippen LogP contribution in [-0.2, 0) is 35.3 Å². The Kier molecular flexibility index (Phi) is 7.49. The number of carbonyl (C=O) groups is 2. The summed E-state index contributed by atoms with van der Waals surface area (Å²) in [6, 6.07) is 1.78. The zero-order valence-corrected chi connectivity index (χ0v) is 16.7. The van der Waals surface area contributed by atoms with Gasteiger partial charge in [-0.2, -0.15) is 17.9 Å². The maximum Gasteiger partial charge on any atom is 0.416 e. The van der Waals surface area contributed by atoms with E-state index in [1.165, 1.54) is 4.90 Å². The van der Waals surface area contributed by atoms with Gasteiger partial charge in [-0.3, -0.25) is 9.59 Å². The number of esters is 1. The molecule has 1 N–H and O–H groups in total. The standard InChI is InChI=1S/C16H18ClF3N2O6S/c1-10-8-22(4-5-27-10)14(23)9-28-15(24)7-21-29(25,26)13-6-11(16(18,19)20)2-3-12(13)17/h2-3,6,10,21H,4-5,7-9H2,1H3. The van der Waals surface area contributed by atoms with Crippen molar-refractivity contribution in [1.82, 2.24) is 9.62 Å². The number of morpholine rings is 1. The van der Waals surface area contributed by atoms with Crippen LogP contribution < -0.4 is 4.72 Å². The maximum absolute atomic E-state index is 12.8. The summed E-state index contributed by atoms with van der Waals surface area (Å²) < 4.78 is 74.5. The van der Waals surface area contributed by atoms with E-state index in [1.54, 1.807) is 11.6 Å². The van der Waals surface area contributed by atoms with Crippen molar-refractivity contribution in [3.05, 3.63) is 28.8 Å². The van der Waals surface area contributed by atoms with Crippen molar-refractivity contribution in [2.75, 3.05) is 32.8 Å². The van der Waals surface area contributed by atoms with Gasteiger partial charge in [0, 0.05) is 13.1 Å². The third-order valence-electron chi connectivity index (χ3n) is 3.90. The van der Waals surface area contributed by atoms with E-state index in [-0.39, 0.29) is 6.10 Å². The minimum Gasteiger partial charge on any atom is -0.455 e. The van der Waals surface area contributed by atoms with Crippen LogP contribution in [0.15, 0.2) is 23.1 Å². The number of nitrogens with zero attached hydrogens (tertiary/aromatic N) is 1. The molecule has 1 heterocycles. The second-order valence-electron chi connectivity index (χ2n) is 6.15. The number of nitrogens with one attached hydrogen (secondary N) is 1. The molecular weight excluding hydrogens is 441 g/mol. The third kappa shape index (κ3) is 6.56. The van der Waals surface area contributed by atoms with E-state index in [9.17, 15) is 31.2 Å². The number of rotatable bonds is 6. The normalized spacial score (nSPS) is 17.8. The minimum absolute atomic E-state index is 0.160. The van der Waals surface area contributed by atoms with Gasteiger partial charge in [-0.15, -0.1) is 0 Å². The zero-order valence-electron chi connectivity index (χ0n) is 15.2. The Morgan fingerprint density at radius 1 is 1.38 bits per heavy atom. The maximum atomic E-state index is 12.8. The fraction of sp³-hybridized carbons (Fsp3) is 0.500. The molecule has 1 aliphatic rings. The molecule has 1 amide bonds. The lowest BCUT2D eigenvalue weighted by molar-refractivity contribution is -0.154. The number of halogens is 4. The van der Waals surface area contributed by atoms with Crippen LogP contribution in [0.1, 0.15) is 12.5 Å². The van der Waals surface area contributed by atoms with Gasteiger partial charge in [-0.1, -0.05) is 11.6 Å². The summed E-state index contributed by atoms with van der Waals surface area (Å²) in [5.41, 5.74) is -1.21. The average Bonchev–Trinajstić information content (AvgIpc) is 2.63. The van der Waals surface area contributed by atoms with Gasteiger partial charge >= 0.3 is 12.1 Å². The summed E-state index contributed by atoms with van der Waals surface area (Å²) in [6.45, 7) is 1.30. The van der Waals surface area contributed by atoms with Crippen molar-refractivity contribution < 1.29 is 40.7 Å². The monoisotopic (exact) mass is 458 g/mol. The van der Waals surface area contributed by atoms with Crippen LogP contribution in [0.25, 0.3) is 0 Å². The molecule has 1 aliphatic heterocycles. The van der Waals surface area contributed by atoms with Crippen molar-refractivity contribution in [1.29, 1.82) is 0 Å². The molecule has 13 heteroatoms. The molecule has 1 unspecified atom stereocenters. The predicted molar refractivity (Wildman–Crippen MR) is 94.6 cm³/mol. The van der Waals surface area contributed by atoms with Crippen LogP contribution in [0.3, 0.4) is 0 Å². The molecule has 1 aromatic rings. The first-order chi connectivity index (χ1) is 13.4. The van der Waals surface area contributed by atoms with Gasteiger partial charge in [0.1, 0.15) is 11.4 Å². The van der Waals surface area contributed by atoms with E-state index in [1.807, 2.05) is 0 Å². The Labute approximate surface area is 169 Å². The molecule has 0 aliphatic carbocycles. The molecule has 0 saturated carbocycles. The fourth-order valence-electron chi connectivity index (χ4n) is 2.45.